The number of rotatable bonds is 4. The maximum atomic E-state index is 13.1. The van der Waals surface area contributed by atoms with E-state index in [-0.39, 0.29) is 17.7 Å². The molecule has 2 atom stereocenters. The number of ether oxygens (including phenoxy) is 1. The van der Waals surface area contributed by atoms with Crippen molar-refractivity contribution in [2.45, 2.75) is 31.8 Å². The number of carbonyl (C=O) groups excluding carboxylic acids is 2. The van der Waals surface area contributed by atoms with Crippen LogP contribution in [0.5, 0.6) is 0 Å². The number of hydrogen-bond donors (Lipinski definition) is 0. The molecule has 3 heterocycles. The first-order valence-corrected chi connectivity index (χ1v) is 11.2. The van der Waals surface area contributed by atoms with Crippen molar-refractivity contribution in [1.29, 1.82) is 0 Å². The molecule has 0 spiro atoms. The molecular weight excluding hydrogens is 390 g/mol. The molecule has 158 valence electrons. The van der Waals surface area contributed by atoms with E-state index in [1.165, 1.54) is 0 Å². The zero-order valence-electron chi connectivity index (χ0n) is 16.9. The van der Waals surface area contributed by atoms with Gasteiger partial charge in [0, 0.05) is 63.0 Å². The molecule has 0 N–H and O–H groups in total. The summed E-state index contributed by atoms with van der Waals surface area (Å²) in [6.45, 7) is 6.44. The Morgan fingerprint density at radius 2 is 1.72 bits per heavy atom. The number of benzene rings is 1. The summed E-state index contributed by atoms with van der Waals surface area (Å²) in [5, 5.41) is 0.617. The number of halogens is 1. The minimum Gasteiger partial charge on any atom is -0.377 e. The van der Waals surface area contributed by atoms with Crippen molar-refractivity contribution in [3.63, 3.8) is 0 Å². The molecule has 0 bridgehead atoms. The topological polar surface area (TPSA) is 53.1 Å². The predicted octanol–water partition coefficient (Wildman–Crippen LogP) is 2.52. The van der Waals surface area contributed by atoms with Crippen LogP contribution in [0.2, 0.25) is 5.02 Å². The third-order valence-corrected chi connectivity index (χ3v) is 6.57. The molecule has 0 unspecified atom stereocenters. The van der Waals surface area contributed by atoms with Gasteiger partial charge in [0.05, 0.1) is 12.0 Å². The van der Waals surface area contributed by atoms with Gasteiger partial charge in [0.25, 0.3) is 5.91 Å². The van der Waals surface area contributed by atoms with Crippen LogP contribution in [0.4, 0.5) is 0 Å². The lowest BCUT2D eigenvalue weighted by atomic mass is 9.95. The molecule has 6 nitrogen and oxygen atoms in total. The van der Waals surface area contributed by atoms with Gasteiger partial charge in [-0.15, -0.1) is 0 Å². The number of carbonyl (C=O) groups is 2. The van der Waals surface area contributed by atoms with E-state index in [9.17, 15) is 9.59 Å². The number of hydrogen-bond acceptors (Lipinski definition) is 4. The van der Waals surface area contributed by atoms with Crippen LogP contribution >= 0.6 is 11.6 Å². The molecule has 0 aromatic heterocycles. The molecule has 0 saturated carbocycles. The highest BCUT2D eigenvalue weighted by Crippen LogP contribution is 2.22. The van der Waals surface area contributed by atoms with E-state index in [0.717, 1.165) is 65.0 Å². The van der Waals surface area contributed by atoms with E-state index < -0.39 is 0 Å². The molecule has 1 aromatic rings. The molecule has 2 amide bonds. The highest BCUT2D eigenvalue weighted by atomic mass is 35.5. The van der Waals surface area contributed by atoms with Crippen molar-refractivity contribution in [3.05, 3.63) is 34.9 Å². The van der Waals surface area contributed by atoms with Gasteiger partial charge in [0.1, 0.15) is 0 Å². The normalized spacial score (nSPS) is 26.0. The molecule has 0 aliphatic carbocycles. The van der Waals surface area contributed by atoms with Crippen molar-refractivity contribution >= 4 is 23.4 Å². The minimum absolute atomic E-state index is 0.0134. The second kappa shape index (κ2) is 9.45. The zero-order chi connectivity index (χ0) is 20.2. The zero-order valence-corrected chi connectivity index (χ0v) is 17.6. The smallest absolute Gasteiger partial charge is 0.253 e. The Labute approximate surface area is 177 Å². The molecule has 3 aliphatic heterocycles. The SMILES string of the molecule is O=C(c1ccc(Cl)cc1)N1CCC[C@@H](C(=O)N2CCN(C[C@@H]3CCCO3)CC2)C1. The standard InChI is InChI=1S/C22H30ClN3O3/c23-19-7-5-17(6-8-19)21(27)26-9-1-3-18(15-26)22(28)25-12-10-24(11-13-25)16-20-4-2-14-29-20/h5-8,18,20H,1-4,9-16H2/t18-,20+/m1/s1. The quantitative estimate of drug-likeness (QED) is 0.752. The van der Waals surface area contributed by atoms with E-state index in [4.69, 9.17) is 16.3 Å². The fourth-order valence-electron chi connectivity index (χ4n) is 4.62. The molecule has 0 radical (unpaired) electrons. The Bertz CT molecular complexity index is 713. The van der Waals surface area contributed by atoms with Crippen molar-refractivity contribution in [1.82, 2.24) is 14.7 Å². The lowest BCUT2D eigenvalue weighted by Gasteiger charge is -2.39. The van der Waals surface area contributed by atoms with Crippen LogP contribution in [0, 0.1) is 5.92 Å². The van der Waals surface area contributed by atoms with Gasteiger partial charge in [-0.3, -0.25) is 14.5 Å². The van der Waals surface area contributed by atoms with Crippen molar-refractivity contribution < 1.29 is 14.3 Å². The molecule has 1 aromatic carbocycles. The molecular formula is C22H30ClN3O3. The molecule has 3 aliphatic rings. The first-order valence-electron chi connectivity index (χ1n) is 10.8. The fourth-order valence-corrected chi connectivity index (χ4v) is 4.75. The van der Waals surface area contributed by atoms with Crippen LogP contribution in [0.15, 0.2) is 24.3 Å². The summed E-state index contributed by atoms with van der Waals surface area (Å²) < 4.78 is 5.74. The van der Waals surface area contributed by atoms with Crippen molar-refractivity contribution in [2.24, 2.45) is 5.92 Å². The number of piperidine rings is 1. The molecule has 3 saturated heterocycles. The number of nitrogens with zero attached hydrogens (tertiary/aromatic N) is 3. The van der Waals surface area contributed by atoms with Crippen molar-refractivity contribution in [2.75, 3.05) is 52.4 Å². The average Bonchev–Trinajstić information content (AvgIpc) is 3.27. The van der Waals surface area contributed by atoms with E-state index in [1.54, 1.807) is 24.3 Å². The highest BCUT2D eigenvalue weighted by molar-refractivity contribution is 6.30. The van der Waals surface area contributed by atoms with E-state index in [0.29, 0.717) is 29.8 Å². The summed E-state index contributed by atoms with van der Waals surface area (Å²) >= 11 is 5.92. The van der Waals surface area contributed by atoms with Crippen molar-refractivity contribution in [3.8, 4) is 0 Å². The Kier molecular flexibility index (Phi) is 6.73. The monoisotopic (exact) mass is 419 g/mol. The van der Waals surface area contributed by atoms with Crippen LogP contribution in [0.1, 0.15) is 36.0 Å². The number of amides is 2. The number of piperazine rings is 1. The summed E-state index contributed by atoms with van der Waals surface area (Å²) in [6.07, 6.45) is 4.41. The Hall–Kier alpha value is -1.63. The van der Waals surface area contributed by atoms with Crippen LogP contribution in [0.25, 0.3) is 0 Å². The van der Waals surface area contributed by atoms with Gasteiger partial charge in [-0.1, -0.05) is 11.6 Å². The largest absolute Gasteiger partial charge is 0.377 e. The molecule has 7 heteroatoms. The molecule has 29 heavy (non-hydrogen) atoms. The fraction of sp³-hybridized carbons (Fsp3) is 0.636. The van der Waals surface area contributed by atoms with Gasteiger partial charge >= 0.3 is 0 Å². The van der Waals surface area contributed by atoms with Crippen LogP contribution in [0.3, 0.4) is 0 Å². The van der Waals surface area contributed by atoms with Gasteiger partial charge in [0.2, 0.25) is 5.91 Å². The summed E-state index contributed by atoms with van der Waals surface area (Å²) in [5.74, 6) is 0.0978. The Morgan fingerprint density at radius 3 is 2.41 bits per heavy atom. The maximum Gasteiger partial charge on any atom is 0.253 e. The minimum atomic E-state index is -0.0929. The van der Waals surface area contributed by atoms with Crippen LogP contribution in [-0.2, 0) is 9.53 Å². The summed E-state index contributed by atoms with van der Waals surface area (Å²) in [4.78, 5) is 32.1. The predicted molar refractivity (Wildman–Crippen MR) is 112 cm³/mol. The van der Waals surface area contributed by atoms with Crippen LogP contribution in [-0.4, -0.2) is 85.0 Å². The molecule has 4 rings (SSSR count). The number of likely N-dealkylation sites (tertiary alicyclic amines) is 1. The van der Waals surface area contributed by atoms with Gasteiger partial charge in [-0.2, -0.15) is 0 Å². The third kappa shape index (κ3) is 5.11. The Morgan fingerprint density at radius 1 is 0.966 bits per heavy atom. The molecule has 3 fully saturated rings. The second-order valence-corrected chi connectivity index (χ2v) is 8.79. The second-order valence-electron chi connectivity index (χ2n) is 8.36. The third-order valence-electron chi connectivity index (χ3n) is 6.32. The summed E-state index contributed by atoms with van der Waals surface area (Å²) in [7, 11) is 0. The van der Waals surface area contributed by atoms with Gasteiger partial charge < -0.3 is 14.5 Å². The maximum absolute atomic E-state index is 13.1. The summed E-state index contributed by atoms with van der Waals surface area (Å²) in [6, 6.07) is 6.97. The first kappa shape index (κ1) is 20.6. The lowest BCUT2D eigenvalue weighted by molar-refractivity contribution is -0.138. The van der Waals surface area contributed by atoms with Crippen LogP contribution < -0.4 is 0 Å². The Balaban J connectivity index is 1.28. The van der Waals surface area contributed by atoms with E-state index in [2.05, 4.69) is 4.90 Å². The first-order chi connectivity index (χ1) is 14.1. The summed E-state index contributed by atoms with van der Waals surface area (Å²) in [5.41, 5.74) is 0.630. The van der Waals surface area contributed by atoms with E-state index >= 15 is 0 Å². The average molecular weight is 420 g/mol. The van der Waals surface area contributed by atoms with E-state index in [1.807, 2.05) is 9.80 Å². The highest BCUT2D eigenvalue weighted by Gasteiger charge is 2.33. The van der Waals surface area contributed by atoms with Gasteiger partial charge in [-0.25, -0.2) is 0 Å². The lowest BCUT2D eigenvalue weighted by Crippen LogP contribution is -2.53. The van der Waals surface area contributed by atoms with Gasteiger partial charge in [0.15, 0.2) is 0 Å². The van der Waals surface area contributed by atoms with Gasteiger partial charge in [-0.05, 0) is 49.9 Å².